The van der Waals surface area contributed by atoms with Crippen molar-refractivity contribution < 1.29 is 38.7 Å². The predicted octanol–water partition coefficient (Wildman–Crippen LogP) is -0.419. The van der Waals surface area contributed by atoms with Crippen LogP contribution in [0.3, 0.4) is 0 Å². The zero-order valence-corrected chi connectivity index (χ0v) is 22.8. The van der Waals surface area contributed by atoms with Gasteiger partial charge >= 0.3 is 5.97 Å². The number of carboxylic acid groups (broad SMARTS) is 1. The number of likely N-dealkylation sites (tertiary alicyclic amines) is 1. The predicted molar refractivity (Wildman–Crippen MR) is 141 cm³/mol. The van der Waals surface area contributed by atoms with Gasteiger partial charge in [0.25, 0.3) is 0 Å². The molecule has 13 heteroatoms. The number of carbonyl (C=O) groups excluding carboxylic acids is 6. The number of amidine groups is 1. The zero-order chi connectivity index (χ0) is 29.6. The van der Waals surface area contributed by atoms with Crippen LogP contribution in [0.25, 0.3) is 0 Å². The molecular formula is C27H37N5O8. The van der Waals surface area contributed by atoms with Crippen LogP contribution in [0.15, 0.2) is 17.1 Å². The lowest BCUT2D eigenvalue weighted by atomic mass is 9.85. The van der Waals surface area contributed by atoms with E-state index in [-0.39, 0.29) is 67.1 Å². The zero-order valence-electron chi connectivity index (χ0n) is 22.8. The molecule has 0 aromatic carbocycles. The highest BCUT2D eigenvalue weighted by molar-refractivity contribution is 6.06. The summed E-state index contributed by atoms with van der Waals surface area (Å²) in [6, 6.07) is -1.04. The maximum atomic E-state index is 12.9. The molecule has 0 radical (unpaired) electrons. The van der Waals surface area contributed by atoms with E-state index in [1.165, 1.54) is 6.92 Å². The summed E-state index contributed by atoms with van der Waals surface area (Å²) in [6.07, 6.45) is 4.44. The van der Waals surface area contributed by atoms with Crippen molar-refractivity contribution in [3.63, 3.8) is 0 Å². The summed E-state index contributed by atoms with van der Waals surface area (Å²) < 4.78 is 0. The summed E-state index contributed by atoms with van der Waals surface area (Å²) in [6.45, 7) is 2.59. The Kier molecular flexibility index (Phi) is 10.3. The summed E-state index contributed by atoms with van der Waals surface area (Å²) in [7, 11) is 0. The molecule has 0 aromatic rings. The van der Waals surface area contributed by atoms with Crippen LogP contribution in [-0.2, 0) is 33.6 Å². The molecule has 4 amide bonds. The summed E-state index contributed by atoms with van der Waals surface area (Å²) in [5.74, 6) is -5.34. The molecule has 218 valence electrons. The lowest BCUT2D eigenvalue weighted by Gasteiger charge is -2.20. The Bertz CT molecular complexity index is 1100. The fraction of sp³-hybridized carbons (Fsp3) is 0.630. The molecule has 1 aliphatic heterocycles. The van der Waals surface area contributed by atoms with Crippen molar-refractivity contribution in [2.45, 2.75) is 58.4 Å². The van der Waals surface area contributed by atoms with Crippen molar-refractivity contribution in [2.75, 3.05) is 19.6 Å². The largest absolute Gasteiger partial charge is 0.481 e. The topological polar surface area (TPSA) is 205 Å². The third-order valence-corrected chi connectivity index (χ3v) is 7.60. The average molecular weight is 560 g/mol. The van der Waals surface area contributed by atoms with E-state index in [2.05, 4.69) is 15.6 Å². The highest BCUT2D eigenvalue weighted by Gasteiger charge is 2.59. The number of allylic oxidation sites excluding steroid dienone is 2. The second-order valence-electron chi connectivity index (χ2n) is 10.8. The van der Waals surface area contributed by atoms with Gasteiger partial charge in [-0.05, 0) is 44.9 Å². The Morgan fingerprint density at radius 2 is 1.70 bits per heavy atom. The molecule has 2 bridgehead atoms. The summed E-state index contributed by atoms with van der Waals surface area (Å²) in [5.41, 5.74) is 5.54. The van der Waals surface area contributed by atoms with Crippen LogP contribution < -0.4 is 16.4 Å². The molecule has 0 spiro atoms. The number of hydrogen-bond donors (Lipinski definition) is 4. The van der Waals surface area contributed by atoms with E-state index in [1.54, 1.807) is 6.92 Å². The average Bonchev–Trinajstić information content (AvgIpc) is 3.56. The van der Waals surface area contributed by atoms with Gasteiger partial charge in [0.2, 0.25) is 23.6 Å². The molecule has 1 heterocycles. The van der Waals surface area contributed by atoms with Gasteiger partial charge in [-0.1, -0.05) is 12.2 Å². The molecule has 1 saturated carbocycles. The maximum absolute atomic E-state index is 12.9. The summed E-state index contributed by atoms with van der Waals surface area (Å²) in [5, 5.41) is 14.3. The maximum Gasteiger partial charge on any atom is 0.307 e. The smallest absolute Gasteiger partial charge is 0.307 e. The Hall–Kier alpha value is -3.90. The van der Waals surface area contributed by atoms with Crippen LogP contribution >= 0.6 is 0 Å². The number of nitrogens with two attached hydrogens (primary N) is 1. The minimum atomic E-state index is -1.28. The molecule has 13 nitrogen and oxygen atoms in total. The van der Waals surface area contributed by atoms with Crippen LogP contribution in [0.5, 0.6) is 0 Å². The van der Waals surface area contributed by atoms with Gasteiger partial charge in [0, 0.05) is 32.4 Å². The fourth-order valence-electron chi connectivity index (χ4n) is 5.73. The van der Waals surface area contributed by atoms with E-state index < -0.39 is 48.5 Å². The van der Waals surface area contributed by atoms with E-state index in [0.717, 1.165) is 11.3 Å². The van der Waals surface area contributed by atoms with Gasteiger partial charge in [-0.15, -0.1) is 0 Å². The first kappa shape index (κ1) is 30.6. The molecule has 40 heavy (non-hydrogen) atoms. The van der Waals surface area contributed by atoms with Gasteiger partial charge in [-0.25, -0.2) is 0 Å². The second kappa shape index (κ2) is 13.4. The van der Waals surface area contributed by atoms with E-state index in [0.29, 0.717) is 18.8 Å². The van der Waals surface area contributed by atoms with Gasteiger partial charge in [-0.2, -0.15) is 0 Å². The van der Waals surface area contributed by atoms with Gasteiger partial charge in [0.1, 0.15) is 11.8 Å². The van der Waals surface area contributed by atoms with Crippen molar-refractivity contribution in [1.82, 2.24) is 15.5 Å². The molecule has 1 saturated heterocycles. The van der Waals surface area contributed by atoms with E-state index >= 15 is 0 Å². The number of amides is 4. The van der Waals surface area contributed by atoms with E-state index in [9.17, 15) is 38.7 Å². The van der Waals surface area contributed by atoms with Gasteiger partial charge in [0.05, 0.1) is 30.1 Å². The molecular weight excluding hydrogens is 522 g/mol. The van der Waals surface area contributed by atoms with Crippen molar-refractivity contribution in [3.8, 4) is 0 Å². The van der Waals surface area contributed by atoms with Crippen molar-refractivity contribution >= 4 is 47.0 Å². The highest BCUT2D eigenvalue weighted by atomic mass is 16.4. The van der Waals surface area contributed by atoms with Crippen LogP contribution in [-0.4, -0.2) is 82.7 Å². The molecule has 3 rings (SSSR count). The first-order valence-electron chi connectivity index (χ1n) is 13.5. The van der Waals surface area contributed by atoms with E-state index in [1.807, 2.05) is 12.2 Å². The van der Waals surface area contributed by atoms with Crippen molar-refractivity contribution in [2.24, 2.45) is 40.3 Å². The monoisotopic (exact) mass is 559 g/mol. The number of ketones is 2. The lowest BCUT2D eigenvalue weighted by molar-refractivity contribution is -0.145. The highest BCUT2D eigenvalue weighted by Crippen LogP contribution is 2.52. The van der Waals surface area contributed by atoms with Gasteiger partial charge in [-0.3, -0.25) is 38.7 Å². The van der Waals surface area contributed by atoms with Crippen LogP contribution in [0.2, 0.25) is 0 Å². The molecule has 0 aromatic heterocycles. The Morgan fingerprint density at radius 1 is 1.07 bits per heavy atom. The SMILES string of the molecule is CC(=O)C[C@H](CC(=O)CNC(=O)[C@H](CCCN=C(C)N)NC(=O)CCN1C(=O)C2C3C=C[C@H](C3)[C@@H]2C1=O)C(=O)O. The van der Waals surface area contributed by atoms with Crippen molar-refractivity contribution in [1.29, 1.82) is 0 Å². The molecule has 5 N–H and O–H groups in total. The normalized spacial score (nSPS) is 24.6. The Morgan fingerprint density at radius 3 is 2.25 bits per heavy atom. The Labute approximate surface area is 232 Å². The number of Topliss-reactive ketones (excluding diaryl/α,β-unsaturated/α-hetero) is 2. The van der Waals surface area contributed by atoms with Gasteiger partial charge in [0.15, 0.2) is 5.78 Å². The number of nitrogens with zero attached hydrogens (tertiary/aromatic N) is 2. The number of carbonyl (C=O) groups is 7. The van der Waals surface area contributed by atoms with Crippen LogP contribution in [0.4, 0.5) is 0 Å². The third-order valence-electron chi connectivity index (χ3n) is 7.60. The van der Waals surface area contributed by atoms with Crippen molar-refractivity contribution in [3.05, 3.63) is 12.2 Å². The molecule has 6 atom stereocenters. The number of carboxylic acids is 1. The second-order valence-corrected chi connectivity index (χ2v) is 10.8. The van der Waals surface area contributed by atoms with Gasteiger partial charge < -0.3 is 26.3 Å². The standard InChI is InChI=1S/C27H37N5O8/c1-14(33)10-18(27(39)40)12-19(34)13-30-24(36)20(4-3-8-29-15(2)28)31-21(35)7-9-32-25(37)22-16-5-6-17(11-16)23(22)26(32)38/h5-6,16-18,20,22-23H,3-4,7-13H2,1-2H3,(H2,28,29)(H,30,36)(H,31,35)(H,39,40)/t16-,17?,18-,20+,22+,23?/m1/s1. The van der Waals surface area contributed by atoms with Crippen LogP contribution in [0.1, 0.15) is 52.4 Å². The minimum Gasteiger partial charge on any atom is -0.481 e. The molecule has 2 aliphatic carbocycles. The Balaban J connectivity index is 1.53. The number of aliphatic carboxylic acids is 1. The summed E-state index contributed by atoms with van der Waals surface area (Å²) >= 11 is 0. The molecule has 3 aliphatic rings. The molecule has 2 fully saturated rings. The third kappa shape index (κ3) is 7.60. The number of rotatable bonds is 16. The van der Waals surface area contributed by atoms with Crippen LogP contribution in [0, 0.1) is 29.6 Å². The lowest BCUT2D eigenvalue weighted by Crippen LogP contribution is -2.48. The number of nitrogens with one attached hydrogen (secondary N) is 2. The summed E-state index contributed by atoms with van der Waals surface area (Å²) in [4.78, 5) is 91.4. The first-order chi connectivity index (χ1) is 18.9. The quantitative estimate of drug-likeness (QED) is 0.0636. The van der Waals surface area contributed by atoms with E-state index in [4.69, 9.17) is 5.73 Å². The number of imide groups is 1. The first-order valence-corrected chi connectivity index (χ1v) is 13.5. The fourth-order valence-corrected chi connectivity index (χ4v) is 5.73. The minimum absolute atomic E-state index is 0.0640. The number of hydrogen-bond acceptors (Lipinski definition) is 8. The number of fused-ring (bicyclic) bond motifs is 5. The molecule has 2 unspecified atom stereocenters. The number of aliphatic imine (C=N–C) groups is 1.